The molecule has 1 amide bonds. The second-order valence-electron chi connectivity index (χ2n) is 6.07. The molecule has 3 aliphatic rings. The molecule has 0 aliphatic carbocycles. The number of methoxy groups -OCH3 is 1. The summed E-state index contributed by atoms with van der Waals surface area (Å²) in [7, 11) is 1.40. The van der Waals surface area contributed by atoms with Gasteiger partial charge in [0.15, 0.2) is 0 Å². The van der Waals surface area contributed by atoms with Gasteiger partial charge in [0.05, 0.1) is 13.0 Å². The summed E-state index contributed by atoms with van der Waals surface area (Å²) in [5, 5.41) is 2.96. The van der Waals surface area contributed by atoms with Crippen molar-refractivity contribution in [1.29, 1.82) is 0 Å². The molecule has 3 atom stereocenters. The van der Waals surface area contributed by atoms with Crippen LogP contribution < -0.4 is 5.32 Å². The third-order valence-corrected chi connectivity index (χ3v) is 5.26. The van der Waals surface area contributed by atoms with Crippen molar-refractivity contribution in [1.82, 2.24) is 4.90 Å². The Morgan fingerprint density at radius 1 is 1.43 bits per heavy atom. The minimum Gasteiger partial charge on any atom is -0.469 e. The number of amides is 1. The van der Waals surface area contributed by atoms with Crippen LogP contribution in [0.4, 0.5) is 5.69 Å². The zero-order valence-electron chi connectivity index (χ0n) is 12.0. The lowest BCUT2D eigenvalue weighted by Gasteiger charge is -2.35. The van der Waals surface area contributed by atoms with Gasteiger partial charge in [-0.1, -0.05) is 18.2 Å². The Hall–Kier alpha value is -1.88. The second kappa shape index (κ2) is 4.31. The summed E-state index contributed by atoms with van der Waals surface area (Å²) in [6.07, 6.45) is 2.83. The van der Waals surface area contributed by atoms with Gasteiger partial charge in [-0.2, -0.15) is 0 Å². The van der Waals surface area contributed by atoms with E-state index in [-0.39, 0.29) is 11.9 Å². The van der Waals surface area contributed by atoms with Crippen molar-refractivity contribution in [3.8, 4) is 0 Å². The average molecular weight is 286 g/mol. The summed E-state index contributed by atoms with van der Waals surface area (Å²) in [5.41, 5.74) is 0.879. The first kappa shape index (κ1) is 12.8. The fraction of sp³-hybridized carbons (Fsp3) is 0.500. The fourth-order valence-corrected chi connectivity index (χ4v) is 4.49. The van der Waals surface area contributed by atoms with Gasteiger partial charge in [0.25, 0.3) is 5.91 Å². The van der Waals surface area contributed by atoms with Crippen molar-refractivity contribution >= 4 is 17.6 Å². The SMILES string of the molecule is COC(=O)[C@H]1C[C@@H]2CCCN2[C@@]12C(=O)Nc1ccccc12. The van der Waals surface area contributed by atoms with E-state index < -0.39 is 11.5 Å². The van der Waals surface area contributed by atoms with Crippen LogP contribution >= 0.6 is 0 Å². The lowest BCUT2D eigenvalue weighted by Crippen LogP contribution is -2.52. The zero-order valence-corrected chi connectivity index (χ0v) is 12.0. The number of ether oxygens (including phenoxy) is 1. The molecule has 0 saturated carbocycles. The Morgan fingerprint density at radius 2 is 2.24 bits per heavy atom. The number of para-hydroxylation sites is 1. The molecule has 5 heteroatoms. The molecule has 2 fully saturated rings. The highest BCUT2D eigenvalue weighted by atomic mass is 16.5. The van der Waals surface area contributed by atoms with E-state index in [2.05, 4.69) is 10.2 Å². The lowest BCUT2D eigenvalue weighted by atomic mass is 9.79. The maximum absolute atomic E-state index is 12.9. The summed E-state index contributed by atoms with van der Waals surface area (Å²) in [4.78, 5) is 27.4. The maximum Gasteiger partial charge on any atom is 0.311 e. The van der Waals surface area contributed by atoms with Crippen LogP contribution in [0.2, 0.25) is 0 Å². The van der Waals surface area contributed by atoms with Gasteiger partial charge in [-0.25, -0.2) is 0 Å². The molecule has 1 spiro atoms. The Labute approximate surface area is 123 Å². The molecule has 3 aliphatic heterocycles. The number of anilines is 1. The Morgan fingerprint density at radius 3 is 3.05 bits per heavy atom. The normalized spacial score (nSPS) is 33.9. The molecule has 0 unspecified atom stereocenters. The third kappa shape index (κ3) is 1.44. The number of fused-ring (bicyclic) bond motifs is 4. The summed E-state index contributed by atoms with van der Waals surface area (Å²) in [5.74, 6) is -0.781. The lowest BCUT2D eigenvalue weighted by molar-refractivity contribution is -0.152. The van der Waals surface area contributed by atoms with E-state index in [0.29, 0.717) is 12.5 Å². The van der Waals surface area contributed by atoms with Gasteiger partial charge in [0.2, 0.25) is 0 Å². The van der Waals surface area contributed by atoms with Crippen LogP contribution in [0.1, 0.15) is 24.8 Å². The van der Waals surface area contributed by atoms with Crippen LogP contribution in [-0.2, 0) is 19.9 Å². The molecule has 3 heterocycles. The zero-order chi connectivity index (χ0) is 14.6. The molecule has 1 aromatic rings. The molecule has 4 rings (SSSR count). The predicted molar refractivity (Wildman–Crippen MR) is 76.6 cm³/mol. The second-order valence-corrected chi connectivity index (χ2v) is 6.07. The number of rotatable bonds is 1. The van der Waals surface area contributed by atoms with Crippen molar-refractivity contribution in [2.24, 2.45) is 5.92 Å². The molecule has 2 saturated heterocycles. The van der Waals surface area contributed by atoms with Crippen molar-refractivity contribution in [3.63, 3.8) is 0 Å². The first-order chi connectivity index (χ1) is 10.2. The van der Waals surface area contributed by atoms with E-state index in [4.69, 9.17) is 4.74 Å². The third-order valence-electron chi connectivity index (χ3n) is 5.26. The van der Waals surface area contributed by atoms with Crippen LogP contribution in [0, 0.1) is 5.92 Å². The number of hydrogen-bond acceptors (Lipinski definition) is 4. The average Bonchev–Trinajstić information content (AvgIpc) is 3.13. The number of nitrogens with zero attached hydrogens (tertiary/aromatic N) is 1. The predicted octanol–water partition coefficient (Wildman–Crippen LogP) is 1.49. The Balaban J connectivity index is 1.93. The number of carbonyl (C=O) groups is 2. The van der Waals surface area contributed by atoms with Crippen LogP contribution in [0.25, 0.3) is 0 Å². The van der Waals surface area contributed by atoms with Crippen molar-refractivity contribution in [2.75, 3.05) is 19.0 Å². The van der Waals surface area contributed by atoms with E-state index in [0.717, 1.165) is 30.6 Å². The number of nitrogens with one attached hydrogen (secondary N) is 1. The van der Waals surface area contributed by atoms with Gasteiger partial charge in [0.1, 0.15) is 5.54 Å². The van der Waals surface area contributed by atoms with Crippen LogP contribution in [0.5, 0.6) is 0 Å². The van der Waals surface area contributed by atoms with Gasteiger partial charge < -0.3 is 10.1 Å². The van der Waals surface area contributed by atoms with Gasteiger partial charge in [-0.05, 0) is 31.9 Å². The molecule has 0 aromatic heterocycles. The Kier molecular flexibility index (Phi) is 2.63. The highest BCUT2D eigenvalue weighted by molar-refractivity contribution is 6.08. The van der Waals surface area contributed by atoms with Gasteiger partial charge in [-0.3, -0.25) is 14.5 Å². The molecule has 1 N–H and O–H groups in total. The molecule has 21 heavy (non-hydrogen) atoms. The van der Waals surface area contributed by atoms with E-state index in [1.807, 2.05) is 24.3 Å². The minimum absolute atomic E-state index is 0.0801. The van der Waals surface area contributed by atoms with E-state index in [1.54, 1.807) is 0 Å². The van der Waals surface area contributed by atoms with Crippen LogP contribution in [0.3, 0.4) is 0 Å². The molecular formula is C16H18N2O3. The highest BCUT2D eigenvalue weighted by Gasteiger charge is 2.65. The van der Waals surface area contributed by atoms with E-state index in [1.165, 1.54) is 7.11 Å². The monoisotopic (exact) mass is 286 g/mol. The number of hydrogen-bond donors (Lipinski definition) is 1. The van der Waals surface area contributed by atoms with Crippen molar-refractivity contribution in [3.05, 3.63) is 29.8 Å². The number of benzene rings is 1. The van der Waals surface area contributed by atoms with Crippen molar-refractivity contribution < 1.29 is 14.3 Å². The van der Waals surface area contributed by atoms with Crippen molar-refractivity contribution in [2.45, 2.75) is 30.8 Å². The smallest absolute Gasteiger partial charge is 0.311 e. The molecule has 1 aromatic carbocycles. The summed E-state index contributed by atoms with van der Waals surface area (Å²) >= 11 is 0. The first-order valence-electron chi connectivity index (χ1n) is 7.45. The molecular weight excluding hydrogens is 268 g/mol. The molecule has 0 bridgehead atoms. The quantitative estimate of drug-likeness (QED) is 0.795. The van der Waals surface area contributed by atoms with E-state index in [9.17, 15) is 9.59 Å². The fourth-order valence-electron chi connectivity index (χ4n) is 4.49. The standard InChI is InChI=1S/C16H18N2O3/c1-21-14(19)12-9-10-5-4-8-18(10)16(12)11-6-2-3-7-13(11)17-15(16)20/h2-3,6-7,10,12H,4-5,8-9H2,1H3,(H,17,20)/t10-,12+,16+/m0/s1. The summed E-state index contributed by atoms with van der Waals surface area (Å²) in [6, 6.07) is 8.00. The Bertz CT molecular complexity index is 630. The highest BCUT2D eigenvalue weighted by Crippen LogP contribution is 2.55. The number of esters is 1. The molecule has 110 valence electrons. The maximum atomic E-state index is 12.9. The number of carbonyl (C=O) groups excluding carboxylic acids is 2. The molecule has 5 nitrogen and oxygen atoms in total. The van der Waals surface area contributed by atoms with E-state index >= 15 is 0 Å². The summed E-state index contributed by atoms with van der Waals surface area (Å²) < 4.78 is 5.00. The summed E-state index contributed by atoms with van der Waals surface area (Å²) in [6.45, 7) is 0.861. The molecule has 0 radical (unpaired) electrons. The van der Waals surface area contributed by atoms with Gasteiger partial charge >= 0.3 is 5.97 Å². The minimum atomic E-state index is -0.870. The largest absolute Gasteiger partial charge is 0.469 e. The first-order valence-corrected chi connectivity index (χ1v) is 7.45. The topological polar surface area (TPSA) is 58.6 Å². The van der Waals surface area contributed by atoms with Crippen LogP contribution in [-0.4, -0.2) is 36.5 Å². The van der Waals surface area contributed by atoms with Gasteiger partial charge in [0, 0.05) is 17.3 Å². The van der Waals surface area contributed by atoms with Gasteiger partial charge in [-0.15, -0.1) is 0 Å². The van der Waals surface area contributed by atoms with Crippen LogP contribution in [0.15, 0.2) is 24.3 Å².